The highest BCUT2D eigenvalue weighted by atomic mass is 16.4. The van der Waals surface area contributed by atoms with Crippen molar-refractivity contribution < 1.29 is 15.0 Å². The lowest BCUT2D eigenvalue weighted by molar-refractivity contribution is 0.0697. The molecule has 92 valence electrons. The van der Waals surface area contributed by atoms with Crippen LogP contribution in [0.25, 0.3) is 0 Å². The highest BCUT2D eigenvalue weighted by molar-refractivity contribution is 5.93. The second-order valence-electron chi connectivity index (χ2n) is 4.42. The van der Waals surface area contributed by atoms with Crippen molar-refractivity contribution >= 4 is 11.8 Å². The Bertz CT molecular complexity index is 420. The monoisotopic (exact) mass is 236 g/mol. The van der Waals surface area contributed by atoms with Crippen LogP contribution in [0, 0.1) is 5.92 Å². The van der Waals surface area contributed by atoms with Crippen molar-refractivity contribution in [3.05, 3.63) is 23.9 Å². The number of carbonyl (C=O) groups is 1. The van der Waals surface area contributed by atoms with E-state index in [1.54, 1.807) is 25.3 Å². The van der Waals surface area contributed by atoms with E-state index in [2.05, 4.69) is 4.98 Å². The predicted octanol–water partition coefficient (Wildman–Crippen LogP) is 0.987. The number of rotatable bonds is 3. The molecule has 17 heavy (non-hydrogen) atoms. The van der Waals surface area contributed by atoms with Gasteiger partial charge in [-0.25, -0.2) is 9.78 Å². The average Bonchev–Trinajstić information content (AvgIpc) is 2.78. The van der Waals surface area contributed by atoms with Gasteiger partial charge in [0.05, 0.1) is 6.10 Å². The first-order chi connectivity index (χ1) is 8.09. The molecule has 0 aromatic carbocycles. The summed E-state index contributed by atoms with van der Waals surface area (Å²) < 4.78 is 0. The molecule has 1 fully saturated rings. The van der Waals surface area contributed by atoms with Crippen molar-refractivity contribution in [1.82, 2.24) is 4.98 Å². The second-order valence-corrected chi connectivity index (χ2v) is 4.42. The fraction of sp³-hybridized carbons (Fsp3) is 0.500. The SMILES string of the molecule is C[C@H](O)[C@H]1CCN(c2ncccc2C(=O)O)C1. The van der Waals surface area contributed by atoms with E-state index >= 15 is 0 Å². The summed E-state index contributed by atoms with van der Waals surface area (Å²) in [6.45, 7) is 3.17. The Balaban J connectivity index is 2.21. The van der Waals surface area contributed by atoms with E-state index in [1.165, 1.54) is 0 Å². The van der Waals surface area contributed by atoms with E-state index in [-0.39, 0.29) is 17.6 Å². The molecule has 0 spiro atoms. The van der Waals surface area contributed by atoms with Crippen LogP contribution in [-0.2, 0) is 0 Å². The van der Waals surface area contributed by atoms with Gasteiger partial charge < -0.3 is 15.1 Å². The van der Waals surface area contributed by atoms with E-state index in [9.17, 15) is 9.90 Å². The first-order valence-electron chi connectivity index (χ1n) is 5.71. The quantitative estimate of drug-likeness (QED) is 0.818. The van der Waals surface area contributed by atoms with Crippen molar-refractivity contribution in [3.8, 4) is 0 Å². The topological polar surface area (TPSA) is 73.7 Å². The van der Waals surface area contributed by atoms with E-state index < -0.39 is 5.97 Å². The molecule has 2 rings (SSSR count). The van der Waals surface area contributed by atoms with Gasteiger partial charge in [0.25, 0.3) is 0 Å². The zero-order valence-corrected chi connectivity index (χ0v) is 9.71. The molecule has 0 saturated carbocycles. The first kappa shape index (κ1) is 11.9. The van der Waals surface area contributed by atoms with E-state index in [0.717, 1.165) is 13.0 Å². The van der Waals surface area contributed by atoms with Gasteiger partial charge in [0.2, 0.25) is 0 Å². The minimum atomic E-state index is -0.964. The molecular weight excluding hydrogens is 220 g/mol. The summed E-state index contributed by atoms with van der Waals surface area (Å²) in [6.07, 6.45) is 2.10. The van der Waals surface area contributed by atoms with E-state index in [1.807, 2.05) is 4.90 Å². The molecule has 1 saturated heterocycles. The van der Waals surface area contributed by atoms with Gasteiger partial charge in [-0.1, -0.05) is 0 Å². The molecule has 2 atom stereocenters. The number of pyridine rings is 1. The lowest BCUT2D eigenvalue weighted by Gasteiger charge is -2.20. The summed E-state index contributed by atoms with van der Waals surface area (Å²) >= 11 is 0. The van der Waals surface area contributed by atoms with Crippen LogP contribution in [0.5, 0.6) is 0 Å². The Morgan fingerprint density at radius 1 is 1.65 bits per heavy atom. The molecule has 0 bridgehead atoms. The second kappa shape index (κ2) is 4.71. The molecule has 1 aromatic heterocycles. The van der Waals surface area contributed by atoms with Gasteiger partial charge in [-0.15, -0.1) is 0 Å². The number of aliphatic hydroxyl groups excluding tert-OH is 1. The van der Waals surface area contributed by atoms with Crippen LogP contribution in [0.2, 0.25) is 0 Å². The predicted molar refractivity (Wildman–Crippen MR) is 63.2 cm³/mol. The smallest absolute Gasteiger partial charge is 0.339 e. The molecule has 1 aliphatic rings. The van der Waals surface area contributed by atoms with Crippen molar-refractivity contribution in [2.75, 3.05) is 18.0 Å². The van der Waals surface area contributed by atoms with Crippen LogP contribution < -0.4 is 4.90 Å². The summed E-state index contributed by atoms with van der Waals surface area (Å²) in [4.78, 5) is 17.1. The lowest BCUT2D eigenvalue weighted by Crippen LogP contribution is -2.26. The van der Waals surface area contributed by atoms with Gasteiger partial charge in [-0.3, -0.25) is 0 Å². The zero-order valence-electron chi connectivity index (χ0n) is 9.71. The van der Waals surface area contributed by atoms with Crippen molar-refractivity contribution in [2.45, 2.75) is 19.4 Å². The van der Waals surface area contributed by atoms with Crippen LogP contribution >= 0.6 is 0 Å². The van der Waals surface area contributed by atoms with Crippen LogP contribution in [0.1, 0.15) is 23.7 Å². The fourth-order valence-electron chi connectivity index (χ4n) is 2.19. The summed E-state index contributed by atoms with van der Waals surface area (Å²) in [5.41, 5.74) is 0.221. The van der Waals surface area contributed by atoms with Crippen LogP contribution in [0.4, 0.5) is 5.82 Å². The largest absolute Gasteiger partial charge is 0.478 e. The molecule has 0 amide bonds. The Hall–Kier alpha value is -1.62. The lowest BCUT2D eigenvalue weighted by atomic mass is 10.0. The number of carboxylic acid groups (broad SMARTS) is 1. The summed E-state index contributed by atoms with van der Waals surface area (Å²) in [5.74, 6) is -0.268. The summed E-state index contributed by atoms with van der Waals surface area (Å²) in [6, 6.07) is 3.18. The van der Waals surface area contributed by atoms with Crippen molar-refractivity contribution in [3.63, 3.8) is 0 Å². The minimum absolute atomic E-state index is 0.193. The summed E-state index contributed by atoms with van der Waals surface area (Å²) in [5, 5.41) is 18.6. The Labute approximate surface area is 99.7 Å². The number of carboxylic acids is 1. The van der Waals surface area contributed by atoms with Gasteiger partial charge >= 0.3 is 5.97 Å². The molecule has 1 aliphatic heterocycles. The standard InChI is InChI=1S/C12H16N2O3/c1-8(15)9-4-6-14(7-9)11-10(12(16)17)3-2-5-13-11/h2-3,5,8-9,15H,4,6-7H2,1H3,(H,16,17)/t8-,9-/m0/s1. The molecule has 0 unspecified atom stereocenters. The van der Waals surface area contributed by atoms with Crippen LogP contribution in [-0.4, -0.2) is 40.4 Å². The van der Waals surface area contributed by atoms with Crippen molar-refractivity contribution in [1.29, 1.82) is 0 Å². The molecule has 2 heterocycles. The molecular formula is C12H16N2O3. The van der Waals surface area contributed by atoms with E-state index in [4.69, 9.17) is 5.11 Å². The maximum Gasteiger partial charge on any atom is 0.339 e. The Morgan fingerprint density at radius 2 is 2.41 bits per heavy atom. The molecule has 5 nitrogen and oxygen atoms in total. The highest BCUT2D eigenvalue weighted by Gasteiger charge is 2.28. The minimum Gasteiger partial charge on any atom is -0.478 e. The number of nitrogens with zero attached hydrogens (tertiary/aromatic N) is 2. The molecule has 0 aliphatic carbocycles. The maximum atomic E-state index is 11.1. The number of hydrogen-bond acceptors (Lipinski definition) is 4. The first-order valence-corrected chi connectivity index (χ1v) is 5.71. The highest BCUT2D eigenvalue weighted by Crippen LogP contribution is 2.26. The Kier molecular flexibility index (Phi) is 3.28. The van der Waals surface area contributed by atoms with Gasteiger partial charge in [-0.2, -0.15) is 0 Å². The fourth-order valence-corrected chi connectivity index (χ4v) is 2.19. The van der Waals surface area contributed by atoms with Gasteiger partial charge in [-0.05, 0) is 25.5 Å². The third-order valence-corrected chi connectivity index (χ3v) is 3.22. The molecule has 2 N–H and O–H groups in total. The average molecular weight is 236 g/mol. The molecule has 5 heteroatoms. The number of anilines is 1. The number of hydrogen-bond donors (Lipinski definition) is 2. The maximum absolute atomic E-state index is 11.1. The number of aromatic nitrogens is 1. The molecule has 0 radical (unpaired) electrons. The van der Waals surface area contributed by atoms with Crippen LogP contribution in [0.15, 0.2) is 18.3 Å². The van der Waals surface area contributed by atoms with Crippen LogP contribution in [0.3, 0.4) is 0 Å². The third kappa shape index (κ3) is 2.39. The summed E-state index contributed by atoms with van der Waals surface area (Å²) in [7, 11) is 0. The Morgan fingerprint density at radius 3 is 3.00 bits per heavy atom. The van der Waals surface area contributed by atoms with Gasteiger partial charge in [0.1, 0.15) is 11.4 Å². The van der Waals surface area contributed by atoms with E-state index in [0.29, 0.717) is 12.4 Å². The van der Waals surface area contributed by atoms with Gasteiger partial charge in [0.15, 0.2) is 0 Å². The normalized spacial score (nSPS) is 21.5. The third-order valence-electron chi connectivity index (χ3n) is 3.22. The number of aromatic carboxylic acids is 1. The van der Waals surface area contributed by atoms with Crippen molar-refractivity contribution in [2.24, 2.45) is 5.92 Å². The molecule has 1 aromatic rings. The number of aliphatic hydroxyl groups is 1. The zero-order chi connectivity index (χ0) is 12.4. The van der Waals surface area contributed by atoms with Gasteiger partial charge in [0, 0.05) is 25.2 Å².